The van der Waals surface area contributed by atoms with Crippen LogP contribution in [0.15, 0.2) is 12.1 Å². The topological polar surface area (TPSA) is 47.9 Å². The Morgan fingerprint density at radius 1 is 1.14 bits per heavy atom. The summed E-state index contributed by atoms with van der Waals surface area (Å²) in [5, 5.41) is 9.86. The van der Waals surface area contributed by atoms with Crippen molar-refractivity contribution in [2.45, 2.75) is 45.5 Å². The largest absolute Gasteiger partial charge is 0.508 e. The van der Waals surface area contributed by atoms with E-state index < -0.39 is 42.2 Å². The van der Waals surface area contributed by atoms with Gasteiger partial charge >= 0.3 is 13.7 Å². The highest BCUT2D eigenvalue weighted by Crippen LogP contribution is 2.38. The molecule has 0 atom stereocenters. The molecule has 1 aliphatic rings. The third-order valence-electron chi connectivity index (χ3n) is 3.79. The Morgan fingerprint density at radius 2 is 1.67 bits per heavy atom. The van der Waals surface area contributed by atoms with Crippen LogP contribution in [0.3, 0.4) is 0 Å². The molecular weight excluding hydrogens is 288 g/mol. The van der Waals surface area contributed by atoms with Crippen LogP contribution >= 0.6 is 0 Å². The van der Waals surface area contributed by atoms with E-state index >= 15 is 0 Å². The van der Waals surface area contributed by atoms with Crippen molar-refractivity contribution in [3.8, 4) is 11.5 Å². The molecule has 1 aliphatic heterocycles. The van der Waals surface area contributed by atoms with E-state index in [4.69, 9.17) is 9.31 Å². The lowest BCUT2D eigenvalue weighted by Crippen LogP contribution is -2.41. The molecule has 1 N–H and O–H groups in total. The fourth-order valence-electron chi connectivity index (χ4n) is 1.97. The van der Waals surface area contributed by atoms with Crippen molar-refractivity contribution < 1.29 is 32.3 Å². The molecular formula is C13H16BF3O4. The molecule has 1 aromatic rings. The number of ether oxygens (including phenoxy) is 1. The maximum Gasteiger partial charge on any atom is 0.502 e. The van der Waals surface area contributed by atoms with Gasteiger partial charge in [0.2, 0.25) is 0 Å². The van der Waals surface area contributed by atoms with Crippen molar-refractivity contribution >= 4 is 12.6 Å². The molecule has 0 aliphatic carbocycles. The van der Waals surface area contributed by atoms with Crippen LogP contribution in [-0.4, -0.2) is 30.0 Å². The fraction of sp³-hybridized carbons (Fsp3) is 0.538. The van der Waals surface area contributed by atoms with E-state index in [0.717, 1.165) is 12.1 Å². The van der Waals surface area contributed by atoms with E-state index in [0.29, 0.717) is 0 Å². The predicted molar refractivity (Wildman–Crippen MR) is 70.4 cm³/mol. The number of rotatable bonds is 3. The molecule has 0 aromatic heterocycles. The third-order valence-corrected chi connectivity index (χ3v) is 3.79. The second-order valence-corrected chi connectivity index (χ2v) is 5.80. The van der Waals surface area contributed by atoms with Crippen LogP contribution in [0.5, 0.6) is 11.5 Å². The van der Waals surface area contributed by atoms with Gasteiger partial charge in [0.05, 0.1) is 16.7 Å². The van der Waals surface area contributed by atoms with E-state index in [2.05, 4.69) is 4.74 Å². The Morgan fingerprint density at radius 3 is 2.14 bits per heavy atom. The minimum absolute atomic E-state index is 0.157. The van der Waals surface area contributed by atoms with Gasteiger partial charge in [-0.1, -0.05) is 0 Å². The molecule has 1 aromatic carbocycles. The van der Waals surface area contributed by atoms with Crippen molar-refractivity contribution in [3.63, 3.8) is 0 Å². The first kappa shape index (κ1) is 16.0. The Bertz CT molecular complexity index is 532. The first-order valence-corrected chi connectivity index (χ1v) is 6.36. The Labute approximate surface area is 121 Å². The average molecular weight is 304 g/mol. The number of phenolic OH excluding ortho intramolecular Hbond substituents is 1. The summed E-state index contributed by atoms with van der Waals surface area (Å²) < 4.78 is 53.8. The molecule has 21 heavy (non-hydrogen) atoms. The van der Waals surface area contributed by atoms with E-state index in [1.165, 1.54) is 0 Å². The maximum atomic E-state index is 13.3. The van der Waals surface area contributed by atoms with Gasteiger partial charge in [0, 0.05) is 12.1 Å². The van der Waals surface area contributed by atoms with Gasteiger partial charge < -0.3 is 19.2 Å². The predicted octanol–water partition coefficient (Wildman–Crippen LogP) is 2.43. The summed E-state index contributed by atoms with van der Waals surface area (Å²) in [6.45, 7) is 3.90. The van der Waals surface area contributed by atoms with Crippen molar-refractivity contribution in [1.29, 1.82) is 0 Å². The van der Waals surface area contributed by atoms with Crippen LogP contribution in [0, 0.1) is 5.82 Å². The van der Waals surface area contributed by atoms with Gasteiger partial charge in [-0.15, -0.1) is 0 Å². The minimum atomic E-state index is -3.16. The van der Waals surface area contributed by atoms with Crippen LogP contribution in [-0.2, 0) is 9.31 Å². The fourth-order valence-corrected chi connectivity index (χ4v) is 1.97. The summed E-state index contributed by atoms with van der Waals surface area (Å²) >= 11 is 0. The maximum absolute atomic E-state index is 13.3. The van der Waals surface area contributed by atoms with E-state index in [1.54, 1.807) is 27.7 Å². The average Bonchev–Trinajstić information content (AvgIpc) is 2.44. The number of alkyl halides is 2. The summed E-state index contributed by atoms with van der Waals surface area (Å²) in [5.74, 6) is -1.98. The Balaban J connectivity index is 2.45. The molecule has 0 spiro atoms. The molecule has 1 fully saturated rings. The monoisotopic (exact) mass is 304 g/mol. The number of aromatic hydroxyl groups is 1. The molecule has 0 bridgehead atoms. The first-order valence-electron chi connectivity index (χ1n) is 6.36. The van der Waals surface area contributed by atoms with Gasteiger partial charge in [-0.3, -0.25) is 0 Å². The highest BCUT2D eigenvalue weighted by atomic mass is 19.3. The molecule has 0 saturated carbocycles. The highest BCUT2D eigenvalue weighted by molar-refractivity contribution is 6.64. The van der Waals surface area contributed by atoms with Gasteiger partial charge in [-0.05, 0) is 27.7 Å². The number of halogens is 3. The van der Waals surface area contributed by atoms with E-state index in [-0.39, 0.29) is 5.46 Å². The second-order valence-electron chi connectivity index (χ2n) is 5.80. The zero-order valence-corrected chi connectivity index (χ0v) is 12.1. The van der Waals surface area contributed by atoms with E-state index in [9.17, 15) is 18.3 Å². The number of phenols is 1. The smallest absolute Gasteiger partial charge is 0.502 e. The van der Waals surface area contributed by atoms with Gasteiger partial charge in [-0.2, -0.15) is 8.78 Å². The summed E-state index contributed by atoms with van der Waals surface area (Å²) in [6, 6.07) is 1.55. The normalized spacial score (nSPS) is 20.1. The summed E-state index contributed by atoms with van der Waals surface area (Å²) in [6.07, 6.45) is 0. The zero-order valence-electron chi connectivity index (χ0n) is 12.1. The molecule has 0 radical (unpaired) electrons. The SMILES string of the molecule is CC1(C)OB(c2c(O)cc(F)cc2OC(F)F)OC1(C)C. The van der Waals surface area contributed by atoms with Gasteiger partial charge in [0.15, 0.2) is 0 Å². The lowest BCUT2D eigenvalue weighted by molar-refractivity contribution is -0.0494. The summed E-state index contributed by atoms with van der Waals surface area (Å²) in [5.41, 5.74) is -1.63. The Hall–Kier alpha value is -1.41. The molecule has 0 amide bonds. The molecule has 8 heteroatoms. The standard InChI is InChI=1S/C13H16BF3O4/c1-12(2)13(3,4)21-14(20-12)10-8(18)5-7(15)6-9(10)19-11(16)17/h5-6,11,18H,1-4H3. The van der Waals surface area contributed by atoms with Crippen LogP contribution in [0.2, 0.25) is 0 Å². The van der Waals surface area contributed by atoms with Crippen molar-refractivity contribution in [2.75, 3.05) is 0 Å². The second kappa shape index (κ2) is 5.10. The first-order chi connectivity index (χ1) is 9.53. The summed E-state index contributed by atoms with van der Waals surface area (Å²) in [7, 11) is -1.13. The van der Waals surface area contributed by atoms with Crippen LogP contribution in [0.1, 0.15) is 27.7 Å². The Kier molecular flexibility index (Phi) is 3.88. The van der Waals surface area contributed by atoms with Crippen LogP contribution in [0.4, 0.5) is 13.2 Å². The third kappa shape index (κ3) is 2.96. The molecule has 116 valence electrons. The molecule has 1 saturated heterocycles. The van der Waals surface area contributed by atoms with Crippen LogP contribution in [0.25, 0.3) is 0 Å². The number of benzene rings is 1. The number of hydrogen-bond donors (Lipinski definition) is 1. The summed E-state index contributed by atoms with van der Waals surface area (Å²) in [4.78, 5) is 0. The zero-order chi connectivity index (χ0) is 16.0. The molecule has 0 unspecified atom stereocenters. The van der Waals surface area contributed by atoms with Crippen molar-refractivity contribution in [3.05, 3.63) is 17.9 Å². The molecule has 4 nitrogen and oxygen atoms in total. The van der Waals surface area contributed by atoms with Gasteiger partial charge in [0.25, 0.3) is 0 Å². The molecule has 2 rings (SSSR count). The number of hydrogen-bond acceptors (Lipinski definition) is 4. The van der Waals surface area contributed by atoms with Gasteiger partial charge in [0.1, 0.15) is 17.3 Å². The molecule has 1 heterocycles. The lowest BCUT2D eigenvalue weighted by Gasteiger charge is -2.32. The van der Waals surface area contributed by atoms with Crippen LogP contribution < -0.4 is 10.2 Å². The van der Waals surface area contributed by atoms with Gasteiger partial charge in [-0.25, -0.2) is 4.39 Å². The highest BCUT2D eigenvalue weighted by Gasteiger charge is 2.53. The van der Waals surface area contributed by atoms with Crippen molar-refractivity contribution in [2.24, 2.45) is 0 Å². The lowest BCUT2D eigenvalue weighted by atomic mass is 9.77. The van der Waals surface area contributed by atoms with E-state index in [1.807, 2.05) is 0 Å². The minimum Gasteiger partial charge on any atom is -0.508 e. The quantitative estimate of drug-likeness (QED) is 0.871. The van der Waals surface area contributed by atoms with Crippen molar-refractivity contribution in [1.82, 2.24) is 0 Å².